The fraction of sp³-hybridized carbons (Fsp3) is 1.00. The lowest BCUT2D eigenvalue weighted by molar-refractivity contribution is -0.946. The van der Waals surface area contributed by atoms with E-state index < -0.39 is 0 Å². The fourth-order valence-corrected chi connectivity index (χ4v) is 1.94. The minimum Gasteiger partial charge on any atom is -0.324 e. The number of hydrogen-bond acceptors (Lipinski definition) is 0. The van der Waals surface area contributed by atoms with Gasteiger partial charge in [0, 0.05) is 0 Å². The van der Waals surface area contributed by atoms with E-state index in [0.29, 0.717) is 0 Å². The zero-order valence-corrected chi connectivity index (χ0v) is 12.6. The molecule has 0 aliphatic heterocycles. The van der Waals surface area contributed by atoms with Crippen LogP contribution in [0.25, 0.3) is 0 Å². The monoisotopic (exact) mass is 230 g/mol. The molecular weight excluding hydrogens is 196 g/mol. The summed E-state index contributed by atoms with van der Waals surface area (Å²) in [6.45, 7) is 9.81. The van der Waals surface area contributed by atoms with Gasteiger partial charge in [0.05, 0.1) is 41.3 Å². The Kier molecular flexibility index (Phi) is 7.25. The summed E-state index contributed by atoms with van der Waals surface area (Å²) in [6.07, 6.45) is 5.34. The Balaban J connectivity index is 3.91. The zero-order chi connectivity index (χ0) is 12.7. The number of unbranched alkanes of at least 4 members (excludes halogenated alkanes) is 2. The van der Waals surface area contributed by atoms with Gasteiger partial charge in [0.1, 0.15) is 13.1 Å². The molecule has 0 fully saturated rings. The minimum atomic E-state index is 1.18. The third kappa shape index (κ3) is 8.12. The third-order valence-corrected chi connectivity index (χ3v) is 3.54. The summed E-state index contributed by atoms with van der Waals surface area (Å²) in [5.74, 6) is 0. The standard InChI is InChI=1S/C14H34N2/c1-7-9-11-15(3,4)13-14-16(5,6)12-10-8-2/h7-14H2,1-6H3/q+2. The molecule has 2 heteroatoms. The molecular formula is C14H34N2+2. The lowest BCUT2D eigenvalue weighted by Crippen LogP contribution is -2.51. The van der Waals surface area contributed by atoms with Crippen LogP contribution in [0.2, 0.25) is 0 Å². The van der Waals surface area contributed by atoms with Crippen LogP contribution < -0.4 is 0 Å². The van der Waals surface area contributed by atoms with Crippen LogP contribution in [-0.2, 0) is 0 Å². The normalized spacial score (nSPS) is 13.1. The first-order valence-corrected chi connectivity index (χ1v) is 6.97. The molecule has 0 aromatic rings. The minimum absolute atomic E-state index is 1.18. The molecule has 0 rings (SSSR count). The first kappa shape index (κ1) is 15.9. The summed E-state index contributed by atoms with van der Waals surface area (Å²) in [4.78, 5) is 0. The van der Waals surface area contributed by atoms with Crippen LogP contribution in [0.3, 0.4) is 0 Å². The van der Waals surface area contributed by atoms with Crippen molar-refractivity contribution in [3.63, 3.8) is 0 Å². The lowest BCUT2D eigenvalue weighted by atomic mass is 10.2. The van der Waals surface area contributed by atoms with Gasteiger partial charge in [0.25, 0.3) is 0 Å². The number of hydrogen-bond donors (Lipinski definition) is 0. The Bertz CT molecular complexity index is 154. The summed E-state index contributed by atoms with van der Waals surface area (Å²) in [6, 6.07) is 0. The first-order valence-electron chi connectivity index (χ1n) is 6.97. The molecule has 0 aromatic heterocycles. The van der Waals surface area contributed by atoms with Crippen molar-refractivity contribution in [1.82, 2.24) is 0 Å². The van der Waals surface area contributed by atoms with Gasteiger partial charge in [-0.3, -0.25) is 0 Å². The molecule has 0 saturated carbocycles. The van der Waals surface area contributed by atoms with Crippen LogP contribution in [0.4, 0.5) is 0 Å². The Morgan fingerprint density at radius 3 is 1.12 bits per heavy atom. The largest absolute Gasteiger partial charge is 0.324 e. The topological polar surface area (TPSA) is 0 Å². The third-order valence-electron chi connectivity index (χ3n) is 3.54. The number of rotatable bonds is 9. The van der Waals surface area contributed by atoms with Crippen molar-refractivity contribution < 1.29 is 8.97 Å². The second kappa shape index (κ2) is 7.29. The maximum absolute atomic E-state index is 2.37. The van der Waals surface area contributed by atoms with Gasteiger partial charge in [-0.05, 0) is 12.8 Å². The first-order chi connectivity index (χ1) is 7.33. The van der Waals surface area contributed by atoms with E-state index in [2.05, 4.69) is 42.0 Å². The van der Waals surface area contributed by atoms with Gasteiger partial charge in [0.2, 0.25) is 0 Å². The van der Waals surface area contributed by atoms with Gasteiger partial charge in [0.15, 0.2) is 0 Å². The summed E-state index contributed by atoms with van der Waals surface area (Å²) in [5.41, 5.74) is 0. The Morgan fingerprint density at radius 1 is 0.562 bits per heavy atom. The smallest absolute Gasteiger partial charge is 0.128 e. The summed E-state index contributed by atoms with van der Waals surface area (Å²) < 4.78 is 2.36. The average Bonchev–Trinajstić information content (AvgIpc) is 2.22. The summed E-state index contributed by atoms with van der Waals surface area (Å²) in [7, 11) is 9.48. The van der Waals surface area contributed by atoms with Crippen LogP contribution in [0.1, 0.15) is 39.5 Å². The maximum Gasteiger partial charge on any atom is 0.128 e. The van der Waals surface area contributed by atoms with Gasteiger partial charge < -0.3 is 8.97 Å². The van der Waals surface area contributed by atoms with E-state index >= 15 is 0 Å². The van der Waals surface area contributed by atoms with Crippen molar-refractivity contribution in [2.24, 2.45) is 0 Å². The van der Waals surface area contributed by atoms with Gasteiger partial charge in [-0.15, -0.1) is 0 Å². The van der Waals surface area contributed by atoms with Gasteiger partial charge in [-0.2, -0.15) is 0 Å². The van der Waals surface area contributed by atoms with Crippen LogP contribution in [0.15, 0.2) is 0 Å². The van der Waals surface area contributed by atoms with Crippen molar-refractivity contribution in [2.45, 2.75) is 39.5 Å². The van der Waals surface area contributed by atoms with Crippen LogP contribution in [0.5, 0.6) is 0 Å². The van der Waals surface area contributed by atoms with Crippen molar-refractivity contribution in [3.8, 4) is 0 Å². The molecule has 0 bridgehead atoms. The van der Waals surface area contributed by atoms with Crippen molar-refractivity contribution in [1.29, 1.82) is 0 Å². The molecule has 0 radical (unpaired) electrons. The van der Waals surface area contributed by atoms with E-state index in [1.54, 1.807) is 0 Å². The van der Waals surface area contributed by atoms with Crippen LogP contribution in [0, 0.1) is 0 Å². The highest BCUT2D eigenvalue weighted by molar-refractivity contribution is 4.40. The molecule has 0 saturated heterocycles. The molecule has 98 valence electrons. The van der Waals surface area contributed by atoms with Crippen molar-refractivity contribution in [2.75, 3.05) is 54.4 Å². The molecule has 0 spiro atoms. The summed E-state index contributed by atoms with van der Waals surface area (Å²) in [5, 5.41) is 0. The van der Waals surface area contributed by atoms with E-state index in [-0.39, 0.29) is 0 Å². The van der Waals surface area contributed by atoms with E-state index in [4.69, 9.17) is 0 Å². The predicted molar refractivity (Wildman–Crippen MR) is 73.5 cm³/mol. The van der Waals surface area contributed by atoms with E-state index in [0.717, 1.165) is 0 Å². The van der Waals surface area contributed by atoms with Crippen molar-refractivity contribution >= 4 is 0 Å². The molecule has 0 aliphatic carbocycles. The van der Waals surface area contributed by atoms with Crippen LogP contribution >= 0.6 is 0 Å². The fourth-order valence-electron chi connectivity index (χ4n) is 1.94. The molecule has 0 aliphatic rings. The molecule has 0 amide bonds. The molecule has 0 atom stereocenters. The SMILES string of the molecule is CCCC[N+](C)(C)CC[N+](C)(C)CCCC. The van der Waals surface area contributed by atoms with Crippen molar-refractivity contribution in [3.05, 3.63) is 0 Å². The molecule has 0 unspecified atom stereocenters. The Labute approximate surface area is 103 Å². The molecule has 2 nitrogen and oxygen atoms in total. The van der Waals surface area contributed by atoms with Gasteiger partial charge in [-0.25, -0.2) is 0 Å². The lowest BCUT2D eigenvalue weighted by Gasteiger charge is -2.35. The second-order valence-electron chi connectivity index (χ2n) is 6.47. The molecule has 0 heterocycles. The number of quaternary nitrogens is 2. The highest BCUT2D eigenvalue weighted by atomic mass is 15.4. The highest BCUT2D eigenvalue weighted by Gasteiger charge is 2.21. The van der Waals surface area contributed by atoms with E-state index in [1.165, 1.54) is 60.8 Å². The van der Waals surface area contributed by atoms with Gasteiger partial charge in [-0.1, -0.05) is 26.7 Å². The Hall–Kier alpha value is -0.0800. The number of likely N-dealkylation sites (N-methyl/N-ethyl adjacent to an activating group) is 2. The molecule has 0 aromatic carbocycles. The highest BCUT2D eigenvalue weighted by Crippen LogP contribution is 2.06. The second-order valence-corrected chi connectivity index (χ2v) is 6.47. The van der Waals surface area contributed by atoms with Gasteiger partial charge >= 0.3 is 0 Å². The molecule has 16 heavy (non-hydrogen) atoms. The predicted octanol–water partition coefficient (Wildman–Crippen LogP) is 2.74. The van der Waals surface area contributed by atoms with Crippen LogP contribution in [-0.4, -0.2) is 63.3 Å². The number of nitrogens with zero attached hydrogens (tertiary/aromatic N) is 2. The summed E-state index contributed by atoms with van der Waals surface area (Å²) >= 11 is 0. The maximum atomic E-state index is 2.37. The zero-order valence-electron chi connectivity index (χ0n) is 12.6. The van der Waals surface area contributed by atoms with E-state index in [1.807, 2.05) is 0 Å². The van der Waals surface area contributed by atoms with E-state index in [9.17, 15) is 0 Å². The molecule has 0 N–H and O–H groups in total. The Morgan fingerprint density at radius 2 is 0.875 bits per heavy atom. The quantitative estimate of drug-likeness (QED) is 0.534. The average molecular weight is 230 g/mol.